The van der Waals surface area contributed by atoms with Crippen LogP contribution in [0.25, 0.3) is 0 Å². The average Bonchev–Trinajstić information content (AvgIpc) is 3.15. The van der Waals surface area contributed by atoms with E-state index in [0.29, 0.717) is 36.8 Å². The molecule has 9 heteroatoms. The summed E-state index contributed by atoms with van der Waals surface area (Å²) in [6, 6.07) is 1.25. The van der Waals surface area contributed by atoms with Gasteiger partial charge in [-0.1, -0.05) is 0 Å². The third-order valence-corrected chi connectivity index (χ3v) is 5.90. The second kappa shape index (κ2) is 11.3. The number of hydrogen-bond acceptors (Lipinski definition) is 6. The average molecular weight is 425 g/mol. The van der Waals surface area contributed by atoms with E-state index in [1.165, 1.54) is 11.3 Å². The van der Waals surface area contributed by atoms with Gasteiger partial charge in [-0.2, -0.15) is 0 Å². The number of rotatable bonds is 10. The van der Waals surface area contributed by atoms with Crippen molar-refractivity contribution in [1.29, 1.82) is 0 Å². The number of nitrogens with one attached hydrogen (secondary N) is 2. The molecule has 0 spiro atoms. The molecule has 1 fully saturated rings. The van der Waals surface area contributed by atoms with Gasteiger partial charge in [-0.05, 0) is 64.6 Å². The third kappa shape index (κ3) is 7.09. The number of thiophene rings is 1. The van der Waals surface area contributed by atoms with Crippen molar-refractivity contribution in [2.45, 2.75) is 52.2 Å². The quantitative estimate of drug-likeness (QED) is 0.496. The number of carbonyl (C=O) groups excluding carboxylic acids is 3. The first-order valence-electron chi connectivity index (χ1n) is 10.1. The first-order chi connectivity index (χ1) is 13.8. The van der Waals surface area contributed by atoms with Gasteiger partial charge in [0.15, 0.2) is 0 Å². The smallest absolute Gasteiger partial charge is 0.251 e. The highest BCUT2D eigenvalue weighted by atomic mass is 32.1. The molecule has 2 rings (SSSR count). The van der Waals surface area contributed by atoms with Crippen LogP contribution in [-0.4, -0.2) is 61.0 Å². The fraction of sp³-hybridized carbons (Fsp3) is 0.650. The molecule has 0 aliphatic carbocycles. The molecular formula is C20H32N4O4S. The zero-order valence-corrected chi connectivity index (χ0v) is 18.2. The van der Waals surface area contributed by atoms with Crippen molar-refractivity contribution < 1.29 is 19.1 Å². The number of carbonyl (C=O) groups is 3. The highest BCUT2D eigenvalue weighted by molar-refractivity contribution is 7.14. The largest absolute Gasteiger partial charge is 0.379 e. The first kappa shape index (κ1) is 23.3. The van der Waals surface area contributed by atoms with Gasteiger partial charge in [0.2, 0.25) is 11.8 Å². The van der Waals surface area contributed by atoms with Crippen LogP contribution >= 0.6 is 11.3 Å². The van der Waals surface area contributed by atoms with Crippen LogP contribution in [0, 0.1) is 5.92 Å². The molecule has 29 heavy (non-hydrogen) atoms. The van der Waals surface area contributed by atoms with Crippen LogP contribution in [0.1, 0.15) is 50.4 Å². The molecule has 2 heterocycles. The van der Waals surface area contributed by atoms with E-state index in [0.717, 1.165) is 19.3 Å². The minimum atomic E-state index is -0.559. The van der Waals surface area contributed by atoms with E-state index in [1.807, 2.05) is 20.8 Å². The van der Waals surface area contributed by atoms with Crippen LogP contribution < -0.4 is 16.4 Å². The maximum absolute atomic E-state index is 12.6. The molecule has 0 saturated carbocycles. The van der Waals surface area contributed by atoms with E-state index in [-0.39, 0.29) is 29.9 Å². The Hall–Kier alpha value is -1.97. The lowest BCUT2D eigenvalue weighted by Crippen LogP contribution is -2.48. The highest BCUT2D eigenvalue weighted by Gasteiger charge is 2.30. The Balaban J connectivity index is 1.73. The van der Waals surface area contributed by atoms with E-state index < -0.39 is 5.91 Å². The Labute approximate surface area is 176 Å². The van der Waals surface area contributed by atoms with Gasteiger partial charge < -0.3 is 21.1 Å². The second-order valence-electron chi connectivity index (χ2n) is 7.57. The number of anilines is 1. The lowest BCUT2D eigenvalue weighted by Gasteiger charge is -2.34. The summed E-state index contributed by atoms with van der Waals surface area (Å²) < 4.78 is 5.47. The molecule has 1 unspecified atom stereocenters. The van der Waals surface area contributed by atoms with Crippen molar-refractivity contribution in [1.82, 2.24) is 10.2 Å². The molecule has 1 aliphatic heterocycles. The summed E-state index contributed by atoms with van der Waals surface area (Å²) in [5.74, 6) is -0.679. The normalized spacial score (nSPS) is 16.6. The van der Waals surface area contributed by atoms with Crippen molar-refractivity contribution in [3.63, 3.8) is 0 Å². The van der Waals surface area contributed by atoms with Gasteiger partial charge in [0, 0.05) is 19.1 Å². The van der Waals surface area contributed by atoms with E-state index in [9.17, 15) is 14.4 Å². The predicted molar refractivity (Wildman–Crippen MR) is 114 cm³/mol. The number of ether oxygens (including phenoxy) is 1. The van der Waals surface area contributed by atoms with Crippen LogP contribution in [0.15, 0.2) is 11.4 Å². The molecule has 0 radical (unpaired) electrons. The van der Waals surface area contributed by atoms with Crippen molar-refractivity contribution >= 4 is 34.1 Å². The fourth-order valence-corrected chi connectivity index (χ4v) is 4.07. The van der Waals surface area contributed by atoms with Crippen molar-refractivity contribution in [2.24, 2.45) is 11.7 Å². The Morgan fingerprint density at radius 3 is 2.59 bits per heavy atom. The van der Waals surface area contributed by atoms with E-state index >= 15 is 0 Å². The Bertz CT molecular complexity index is 698. The van der Waals surface area contributed by atoms with E-state index in [2.05, 4.69) is 15.5 Å². The van der Waals surface area contributed by atoms with Crippen LogP contribution in [0.2, 0.25) is 0 Å². The molecule has 0 bridgehead atoms. The maximum Gasteiger partial charge on any atom is 0.251 e. The van der Waals surface area contributed by atoms with Gasteiger partial charge in [0.1, 0.15) is 5.00 Å². The number of nitrogens with two attached hydrogens (primary N) is 1. The molecule has 1 aromatic heterocycles. The molecule has 3 amide bonds. The standard InChI is InChI=1S/C20H32N4O4S/c1-13(2)28-11-4-8-22-19(27)15-5-9-24(10-6-15)14(3)18(26)23-20-16(17(21)25)7-12-29-20/h7,12-15H,4-6,8-11H2,1-3H3,(H2,21,25)(H,22,27)(H,23,26). The summed E-state index contributed by atoms with van der Waals surface area (Å²) >= 11 is 1.27. The predicted octanol–water partition coefficient (Wildman–Crippen LogP) is 1.82. The maximum atomic E-state index is 12.6. The summed E-state index contributed by atoms with van der Waals surface area (Å²) in [7, 11) is 0. The molecule has 0 aromatic carbocycles. The van der Waals surface area contributed by atoms with Crippen LogP contribution in [0.5, 0.6) is 0 Å². The summed E-state index contributed by atoms with van der Waals surface area (Å²) in [5, 5.41) is 7.98. The summed E-state index contributed by atoms with van der Waals surface area (Å²) in [5.41, 5.74) is 5.65. The number of piperidine rings is 1. The Morgan fingerprint density at radius 1 is 1.28 bits per heavy atom. The number of likely N-dealkylation sites (tertiary alicyclic amines) is 1. The van der Waals surface area contributed by atoms with Gasteiger partial charge in [0.25, 0.3) is 5.91 Å². The Kier molecular flexibility index (Phi) is 9.06. The molecular weight excluding hydrogens is 392 g/mol. The van der Waals surface area contributed by atoms with Gasteiger partial charge >= 0.3 is 0 Å². The lowest BCUT2D eigenvalue weighted by molar-refractivity contribution is -0.127. The Morgan fingerprint density at radius 2 is 1.97 bits per heavy atom. The van der Waals surface area contributed by atoms with E-state index in [4.69, 9.17) is 10.5 Å². The van der Waals surface area contributed by atoms with Gasteiger partial charge in [-0.3, -0.25) is 19.3 Å². The SMILES string of the molecule is CC(C)OCCCNC(=O)C1CCN(C(C)C(=O)Nc2sccc2C(N)=O)CC1. The summed E-state index contributed by atoms with van der Waals surface area (Å²) in [4.78, 5) is 38.3. The van der Waals surface area contributed by atoms with Gasteiger partial charge in [0.05, 0.1) is 17.7 Å². The minimum absolute atomic E-state index is 0.0220. The fourth-order valence-electron chi connectivity index (χ4n) is 3.28. The number of amides is 3. The molecule has 162 valence electrons. The molecule has 1 saturated heterocycles. The van der Waals surface area contributed by atoms with Crippen LogP contribution in [-0.2, 0) is 14.3 Å². The highest BCUT2D eigenvalue weighted by Crippen LogP contribution is 2.24. The number of nitrogens with zero attached hydrogens (tertiary/aromatic N) is 1. The first-order valence-corrected chi connectivity index (χ1v) is 11.0. The van der Waals surface area contributed by atoms with Crippen molar-refractivity contribution in [3.05, 3.63) is 17.0 Å². The van der Waals surface area contributed by atoms with Crippen LogP contribution in [0.4, 0.5) is 5.00 Å². The topological polar surface area (TPSA) is 114 Å². The van der Waals surface area contributed by atoms with Crippen molar-refractivity contribution in [2.75, 3.05) is 31.6 Å². The minimum Gasteiger partial charge on any atom is -0.379 e. The molecule has 1 aliphatic rings. The zero-order valence-electron chi connectivity index (χ0n) is 17.4. The summed E-state index contributed by atoms with van der Waals surface area (Å²) in [6.07, 6.45) is 2.45. The number of hydrogen-bond donors (Lipinski definition) is 3. The van der Waals surface area contributed by atoms with Crippen molar-refractivity contribution in [3.8, 4) is 0 Å². The van der Waals surface area contributed by atoms with E-state index in [1.54, 1.807) is 11.4 Å². The summed E-state index contributed by atoms with van der Waals surface area (Å²) in [6.45, 7) is 8.43. The molecule has 1 aromatic rings. The third-order valence-electron chi connectivity index (χ3n) is 5.07. The monoisotopic (exact) mass is 424 g/mol. The molecule has 8 nitrogen and oxygen atoms in total. The second-order valence-corrected chi connectivity index (χ2v) is 8.48. The van der Waals surface area contributed by atoms with Gasteiger partial charge in [-0.15, -0.1) is 11.3 Å². The molecule has 1 atom stereocenters. The van der Waals surface area contributed by atoms with Crippen LogP contribution in [0.3, 0.4) is 0 Å². The lowest BCUT2D eigenvalue weighted by atomic mass is 9.95. The van der Waals surface area contributed by atoms with Gasteiger partial charge in [-0.25, -0.2) is 0 Å². The molecule has 4 N–H and O–H groups in total. The number of primary amides is 1. The zero-order chi connectivity index (χ0) is 21.4.